The van der Waals surface area contributed by atoms with Crippen molar-refractivity contribution in [3.05, 3.63) is 71.8 Å². The molecule has 2 aromatic rings. The number of fused-ring (bicyclic) bond motifs is 1. The molecule has 2 heteroatoms. The Labute approximate surface area is 132 Å². The molecule has 0 bridgehead atoms. The maximum atomic E-state index is 14.3. The Bertz CT molecular complexity index is 761. The van der Waals surface area contributed by atoms with E-state index in [9.17, 15) is 4.57 Å². The predicted molar refractivity (Wildman–Crippen MR) is 93.8 cm³/mol. The minimum Gasteiger partial charge on any atom is -0.313 e. The molecule has 0 N–H and O–H groups in total. The highest BCUT2D eigenvalue weighted by molar-refractivity contribution is 7.82. The third kappa shape index (κ3) is 1.88. The fourth-order valence-electron chi connectivity index (χ4n) is 4.47. The smallest absolute Gasteiger partial charge is 0.147 e. The van der Waals surface area contributed by atoms with E-state index >= 15 is 0 Å². The summed E-state index contributed by atoms with van der Waals surface area (Å²) in [6.45, 7) is 2.22. The summed E-state index contributed by atoms with van der Waals surface area (Å²) in [4.78, 5) is 0. The summed E-state index contributed by atoms with van der Waals surface area (Å²) < 4.78 is 14.3. The molecule has 2 aliphatic rings. The zero-order valence-electron chi connectivity index (χ0n) is 12.9. The second kappa shape index (κ2) is 5.25. The van der Waals surface area contributed by atoms with Crippen molar-refractivity contribution in [3.63, 3.8) is 0 Å². The molecular weight excluding hydrogens is 287 g/mol. The molecule has 0 aromatic heterocycles. The molecule has 0 saturated heterocycles. The first-order valence-corrected chi connectivity index (χ1v) is 9.92. The van der Waals surface area contributed by atoms with Crippen LogP contribution in [0.4, 0.5) is 0 Å². The Kier molecular flexibility index (Phi) is 3.35. The van der Waals surface area contributed by atoms with Crippen molar-refractivity contribution in [1.29, 1.82) is 0 Å². The minimum absolute atomic E-state index is 0.324. The van der Waals surface area contributed by atoms with Crippen LogP contribution in [0.5, 0.6) is 0 Å². The standard InChI is InChI=1S/C20H21OP/c1-15-18-13-8-14-19(18)22(21,17-11-6-3-7-12-17)20(15)16-9-4-2-5-10-16/h2-7,9-12,18-19H,8,13-14H2,1H3/t18-,19-,22-/m0/s1. The van der Waals surface area contributed by atoms with Crippen molar-refractivity contribution < 1.29 is 4.57 Å². The second-order valence-corrected chi connectivity index (χ2v) is 9.44. The van der Waals surface area contributed by atoms with E-state index in [1.54, 1.807) is 0 Å². The molecule has 22 heavy (non-hydrogen) atoms. The van der Waals surface area contributed by atoms with Gasteiger partial charge in [0.25, 0.3) is 0 Å². The number of benzene rings is 2. The van der Waals surface area contributed by atoms with Gasteiger partial charge in [0, 0.05) is 16.3 Å². The first-order valence-electron chi connectivity index (χ1n) is 8.15. The number of allylic oxidation sites excluding steroid dienone is 1. The zero-order chi connectivity index (χ0) is 15.2. The minimum atomic E-state index is -2.53. The van der Waals surface area contributed by atoms with Gasteiger partial charge in [-0.1, -0.05) is 72.7 Å². The van der Waals surface area contributed by atoms with Gasteiger partial charge in [-0.2, -0.15) is 0 Å². The molecule has 0 unspecified atom stereocenters. The van der Waals surface area contributed by atoms with Crippen molar-refractivity contribution in [2.75, 3.05) is 0 Å². The molecule has 1 nitrogen and oxygen atoms in total. The van der Waals surface area contributed by atoms with Crippen molar-refractivity contribution in [2.24, 2.45) is 5.92 Å². The van der Waals surface area contributed by atoms with Crippen molar-refractivity contribution in [2.45, 2.75) is 31.8 Å². The lowest BCUT2D eigenvalue weighted by Crippen LogP contribution is -2.16. The van der Waals surface area contributed by atoms with Crippen LogP contribution in [-0.4, -0.2) is 5.66 Å². The average molecular weight is 308 g/mol. The van der Waals surface area contributed by atoms with Crippen LogP contribution in [0, 0.1) is 5.92 Å². The van der Waals surface area contributed by atoms with Gasteiger partial charge >= 0.3 is 0 Å². The van der Waals surface area contributed by atoms with E-state index in [0.29, 0.717) is 11.6 Å². The third-order valence-electron chi connectivity index (χ3n) is 5.40. The number of rotatable bonds is 2. The van der Waals surface area contributed by atoms with Crippen LogP contribution >= 0.6 is 7.14 Å². The molecule has 0 radical (unpaired) electrons. The van der Waals surface area contributed by atoms with E-state index in [0.717, 1.165) is 22.6 Å². The van der Waals surface area contributed by atoms with Crippen LogP contribution in [0.2, 0.25) is 0 Å². The van der Waals surface area contributed by atoms with E-state index in [-0.39, 0.29) is 0 Å². The Balaban J connectivity index is 1.97. The van der Waals surface area contributed by atoms with Gasteiger partial charge in [-0.3, -0.25) is 0 Å². The third-order valence-corrected chi connectivity index (χ3v) is 9.29. The van der Waals surface area contributed by atoms with Crippen LogP contribution in [0.1, 0.15) is 31.7 Å². The molecular formula is C20H21OP. The van der Waals surface area contributed by atoms with Gasteiger partial charge in [0.1, 0.15) is 7.14 Å². The lowest BCUT2D eigenvalue weighted by atomic mass is 9.97. The fraction of sp³-hybridized carbons (Fsp3) is 0.300. The van der Waals surface area contributed by atoms with E-state index in [1.165, 1.54) is 18.4 Å². The van der Waals surface area contributed by atoms with Gasteiger partial charge in [-0.05, 0) is 31.2 Å². The maximum absolute atomic E-state index is 14.3. The molecule has 1 aliphatic carbocycles. The lowest BCUT2D eigenvalue weighted by molar-refractivity contribution is 0.568. The topological polar surface area (TPSA) is 17.1 Å². The Hall–Kier alpha value is -1.59. The molecule has 0 amide bonds. The maximum Gasteiger partial charge on any atom is 0.147 e. The molecule has 2 aromatic carbocycles. The van der Waals surface area contributed by atoms with Gasteiger partial charge in [-0.15, -0.1) is 0 Å². The summed E-state index contributed by atoms with van der Waals surface area (Å²) >= 11 is 0. The fourth-order valence-corrected chi connectivity index (χ4v) is 8.71. The van der Waals surface area contributed by atoms with Crippen molar-refractivity contribution in [3.8, 4) is 0 Å². The first-order chi connectivity index (χ1) is 10.7. The van der Waals surface area contributed by atoms with E-state index < -0.39 is 7.14 Å². The molecule has 1 fully saturated rings. The normalized spacial score (nSPS) is 30.6. The predicted octanol–water partition coefficient (Wildman–Crippen LogP) is 5.29. The summed E-state index contributed by atoms with van der Waals surface area (Å²) in [5, 5.41) is 2.19. The Morgan fingerprint density at radius 1 is 0.909 bits per heavy atom. The highest BCUT2D eigenvalue weighted by Crippen LogP contribution is 2.73. The van der Waals surface area contributed by atoms with Gasteiger partial charge in [-0.25, -0.2) is 0 Å². The molecule has 112 valence electrons. The highest BCUT2D eigenvalue weighted by Gasteiger charge is 2.52. The number of hydrogen-bond acceptors (Lipinski definition) is 1. The van der Waals surface area contributed by atoms with Crippen molar-refractivity contribution in [1.82, 2.24) is 0 Å². The summed E-state index contributed by atoms with van der Waals surface area (Å²) in [6.07, 6.45) is 3.51. The second-order valence-electron chi connectivity index (χ2n) is 6.50. The summed E-state index contributed by atoms with van der Waals surface area (Å²) in [6, 6.07) is 20.6. The molecule has 0 spiro atoms. The summed E-state index contributed by atoms with van der Waals surface area (Å²) in [5.74, 6) is 0.515. The number of hydrogen-bond donors (Lipinski definition) is 0. The SMILES string of the molecule is CC1=C(c2ccccc2)[P@](=O)(c2ccccc2)[C@H]2CCC[C@@H]12. The molecule has 1 saturated carbocycles. The molecule has 1 heterocycles. The summed E-state index contributed by atoms with van der Waals surface area (Å²) in [7, 11) is -2.53. The van der Waals surface area contributed by atoms with E-state index in [4.69, 9.17) is 0 Å². The quantitative estimate of drug-likeness (QED) is 0.689. The van der Waals surface area contributed by atoms with Gasteiger partial charge < -0.3 is 4.57 Å². The van der Waals surface area contributed by atoms with E-state index in [1.807, 2.05) is 24.3 Å². The average Bonchev–Trinajstić information content (AvgIpc) is 3.13. The van der Waals surface area contributed by atoms with Crippen LogP contribution < -0.4 is 5.30 Å². The van der Waals surface area contributed by atoms with Crippen LogP contribution in [-0.2, 0) is 4.57 Å². The Morgan fingerprint density at radius 3 is 2.23 bits per heavy atom. The van der Waals surface area contributed by atoms with Crippen LogP contribution in [0.15, 0.2) is 66.2 Å². The summed E-state index contributed by atoms with van der Waals surface area (Å²) in [5.41, 5.74) is 2.85. The first kappa shape index (κ1) is 14.0. The largest absolute Gasteiger partial charge is 0.313 e. The molecule has 1 aliphatic heterocycles. The monoisotopic (exact) mass is 308 g/mol. The Morgan fingerprint density at radius 2 is 1.55 bits per heavy atom. The van der Waals surface area contributed by atoms with Gasteiger partial charge in [0.05, 0.1) is 0 Å². The molecule has 3 atom stereocenters. The van der Waals surface area contributed by atoms with Crippen LogP contribution in [0.3, 0.4) is 0 Å². The lowest BCUT2D eigenvalue weighted by Gasteiger charge is -2.24. The molecule has 4 rings (SSSR count). The van der Waals surface area contributed by atoms with Crippen LogP contribution in [0.25, 0.3) is 5.31 Å². The van der Waals surface area contributed by atoms with Crippen molar-refractivity contribution >= 4 is 17.8 Å². The van der Waals surface area contributed by atoms with Gasteiger partial charge in [0.15, 0.2) is 0 Å². The van der Waals surface area contributed by atoms with Gasteiger partial charge in [0.2, 0.25) is 0 Å². The van der Waals surface area contributed by atoms with E-state index in [2.05, 4.69) is 43.3 Å². The highest BCUT2D eigenvalue weighted by atomic mass is 31.2. The zero-order valence-corrected chi connectivity index (χ0v) is 13.8.